The largest absolute Gasteiger partial charge is 0.493 e. The van der Waals surface area contributed by atoms with E-state index >= 15 is 0 Å². The molecule has 0 saturated carbocycles. The Bertz CT molecular complexity index is 592. The number of rotatable bonds is 7. The van der Waals surface area contributed by atoms with Crippen LogP contribution < -0.4 is 10.1 Å². The molecule has 0 amide bonds. The Kier molecular flexibility index (Phi) is 5.60. The van der Waals surface area contributed by atoms with Gasteiger partial charge in [-0.15, -0.1) is 0 Å². The van der Waals surface area contributed by atoms with Gasteiger partial charge in [0, 0.05) is 36.6 Å². The average Bonchev–Trinajstić information content (AvgIpc) is 2.53. The normalized spacial score (nSPS) is 11.4. The molecule has 1 aromatic carbocycles. The highest BCUT2D eigenvalue weighted by Crippen LogP contribution is 2.22. The summed E-state index contributed by atoms with van der Waals surface area (Å²) in [6.07, 6.45) is 4.86. The number of anilines is 1. The second-order valence-electron chi connectivity index (χ2n) is 4.78. The van der Waals surface area contributed by atoms with Gasteiger partial charge < -0.3 is 10.1 Å². The second-order valence-corrected chi connectivity index (χ2v) is 4.78. The van der Waals surface area contributed by atoms with Crippen molar-refractivity contribution in [3.05, 3.63) is 54.4 Å². The molecule has 0 saturated heterocycles. The molecule has 0 aliphatic carbocycles. The first-order valence-electron chi connectivity index (χ1n) is 7.06. The molecule has 1 N–H and O–H groups in total. The average molecular weight is 281 g/mol. The maximum atomic E-state index is 8.49. The molecule has 0 aliphatic heterocycles. The van der Waals surface area contributed by atoms with Crippen molar-refractivity contribution in [2.24, 2.45) is 0 Å². The molecule has 0 fully saturated rings. The smallest absolute Gasteiger partial charge is 0.121 e. The standard InChI is InChI=1S/C17H19N3O/c1-14(15-7-10-19-11-8-15)20-16-5-4-6-17(13-16)21-12-3-2-9-18/h4-8,10-11,13-14,20H,2-3,12H2,1H3. The third-order valence-corrected chi connectivity index (χ3v) is 3.12. The van der Waals surface area contributed by atoms with Gasteiger partial charge in [0.05, 0.1) is 12.7 Å². The third kappa shape index (κ3) is 4.81. The summed E-state index contributed by atoms with van der Waals surface area (Å²) in [7, 11) is 0. The quantitative estimate of drug-likeness (QED) is 0.781. The van der Waals surface area contributed by atoms with Crippen molar-refractivity contribution in [3.63, 3.8) is 0 Å². The molecule has 0 spiro atoms. The first kappa shape index (κ1) is 14.9. The van der Waals surface area contributed by atoms with Crippen LogP contribution in [-0.2, 0) is 0 Å². The van der Waals surface area contributed by atoms with Crippen LogP contribution in [0.25, 0.3) is 0 Å². The van der Waals surface area contributed by atoms with Gasteiger partial charge in [-0.1, -0.05) is 6.07 Å². The molecule has 0 bridgehead atoms. The molecule has 1 unspecified atom stereocenters. The summed E-state index contributed by atoms with van der Waals surface area (Å²) in [6, 6.07) is 14.2. The third-order valence-electron chi connectivity index (χ3n) is 3.12. The summed E-state index contributed by atoms with van der Waals surface area (Å²) in [4.78, 5) is 4.03. The fourth-order valence-corrected chi connectivity index (χ4v) is 2.00. The number of unbranched alkanes of at least 4 members (excludes halogenated alkanes) is 1. The molecule has 1 heterocycles. The fraction of sp³-hybridized carbons (Fsp3) is 0.294. The summed E-state index contributed by atoms with van der Waals surface area (Å²) in [5, 5.41) is 11.9. The lowest BCUT2D eigenvalue weighted by Crippen LogP contribution is -2.06. The Labute approximate surface area is 125 Å². The number of pyridine rings is 1. The van der Waals surface area contributed by atoms with E-state index in [-0.39, 0.29) is 6.04 Å². The first-order valence-corrected chi connectivity index (χ1v) is 7.06. The van der Waals surface area contributed by atoms with Gasteiger partial charge in [-0.05, 0) is 43.2 Å². The van der Waals surface area contributed by atoms with Gasteiger partial charge in [-0.25, -0.2) is 0 Å². The van der Waals surface area contributed by atoms with Crippen molar-refractivity contribution >= 4 is 5.69 Å². The van der Waals surface area contributed by atoms with E-state index in [0.717, 1.165) is 17.9 Å². The molecular formula is C17H19N3O. The van der Waals surface area contributed by atoms with Crippen LogP contribution in [0.5, 0.6) is 5.75 Å². The summed E-state index contributed by atoms with van der Waals surface area (Å²) >= 11 is 0. The highest BCUT2D eigenvalue weighted by atomic mass is 16.5. The number of hydrogen-bond donors (Lipinski definition) is 1. The van der Waals surface area contributed by atoms with Crippen LogP contribution in [0.1, 0.15) is 31.4 Å². The molecular weight excluding hydrogens is 262 g/mol. The Morgan fingerprint density at radius 2 is 2.10 bits per heavy atom. The van der Waals surface area contributed by atoms with E-state index in [9.17, 15) is 0 Å². The zero-order chi connectivity index (χ0) is 14.9. The summed E-state index contributed by atoms with van der Waals surface area (Å²) in [6.45, 7) is 2.67. The van der Waals surface area contributed by atoms with Gasteiger partial charge in [0.15, 0.2) is 0 Å². The van der Waals surface area contributed by atoms with Crippen LogP contribution in [0.2, 0.25) is 0 Å². The van der Waals surface area contributed by atoms with Crippen molar-refractivity contribution < 1.29 is 4.74 Å². The number of ether oxygens (including phenoxy) is 1. The zero-order valence-corrected chi connectivity index (χ0v) is 12.1. The number of hydrogen-bond acceptors (Lipinski definition) is 4. The monoisotopic (exact) mass is 281 g/mol. The molecule has 0 aliphatic rings. The first-order chi connectivity index (χ1) is 10.3. The Morgan fingerprint density at radius 1 is 1.29 bits per heavy atom. The molecule has 4 nitrogen and oxygen atoms in total. The second kappa shape index (κ2) is 7.91. The van der Waals surface area contributed by atoms with Gasteiger partial charge in [-0.2, -0.15) is 5.26 Å². The summed E-state index contributed by atoms with van der Waals surface area (Å²) in [5.41, 5.74) is 2.20. The van der Waals surface area contributed by atoms with Crippen molar-refractivity contribution in [2.75, 3.05) is 11.9 Å². The number of nitrogens with one attached hydrogen (secondary N) is 1. The van der Waals surface area contributed by atoms with Crippen LogP contribution in [0, 0.1) is 11.3 Å². The van der Waals surface area contributed by atoms with Crippen molar-refractivity contribution in [2.45, 2.75) is 25.8 Å². The van der Waals surface area contributed by atoms with Gasteiger partial charge in [-0.3, -0.25) is 4.98 Å². The van der Waals surface area contributed by atoms with E-state index in [1.807, 2.05) is 36.4 Å². The van der Waals surface area contributed by atoms with Crippen LogP contribution >= 0.6 is 0 Å². The number of nitrogens with zero attached hydrogens (tertiary/aromatic N) is 2. The minimum absolute atomic E-state index is 0.196. The molecule has 21 heavy (non-hydrogen) atoms. The molecule has 2 aromatic rings. The lowest BCUT2D eigenvalue weighted by Gasteiger charge is -2.16. The van der Waals surface area contributed by atoms with Crippen LogP contribution in [-0.4, -0.2) is 11.6 Å². The van der Waals surface area contributed by atoms with Crippen molar-refractivity contribution in [1.29, 1.82) is 5.26 Å². The SMILES string of the molecule is CC(Nc1cccc(OCCCC#N)c1)c1ccncc1. The van der Waals surface area contributed by atoms with Crippen molar-refractivity contribution in [3.8, 4) is 11.8 Å². The minimum atomic E-state index is 0.196. The lowest BCUT2D eigenvalue weighted by molar-refractivity contribution is 0.313. The van der Waals surface area contributed by atoms with Crippen LogP contribution in [0.3, 0.4) is 0 Å². The van der Waals surface area contributed by atoms with Gasteiger partial charge >= 0.3 is 0 Å². The molecule has 1 aromatic heterocycles. The van der Waals surface area contributed by atoms with E-state index in [0.29, 0.717) is 13.0 Å². The van der Waals surface area contributed by atoms with Gasteiger partial charge in [0.25, 0.3) is 0 Å². The topological polar surface area (TPSA) is 57.9 Å². The fourth-order valence-electron chi connectivity index (χ4n) is 2.00. The highest BCUT2D eigenvalue weighted by molar-refractivity contribution is 5.49. The molecule has 2 rings (SSSR count). The van der Waals surface area contributed by atoms with E-state index in [1.165, 1.54) is 5.56 Å². The molecule has 108 valence electrons. The van der Waals surface area contributed by atoms with Gasteiger partial charge in [0.1, 0.15) is 5.75 Å². The molecule has 0 radical (unpaired) electrons. The van der Waals surface area contributed by atoms with E-state index in [2.05, 4.69) is 23.3 Å². The Balaban J connectivity index is 1.93. The predicted molar refractivity (Wildman–Crippen MR) is 83.1 cm³/mol. The maximum Gasteiger partial charge on any atom is 0.121 e. The van der Waals surface area contributed by atoms with Crippen LogP contribution in [0.15, 0.2) is 48.8 Å². The predicted octanol–water partition coefficient (Wildman–Crippen LogP) is 3.94. The molecule has 4 heteroatoms. The minimum Gasteiger partial charge on any atom is -0.493 e. The summed E-state index contributed by atoms with van der Waals surface area (Å²) < 4.78 is 5.63. The Hall–Kier alpha value is -2.54. The highest BCUT2D eigenvalue weighted by Gasteiger charge is 2.05. The van der Waals surface area contributed by atoms with E-state index in [1.54, 1.807) is 12.4 Å². The Morgan fingerprint density at radius 3 is 2.86 bits per heavy atom. The van der Waals surface area contributed by atoms with Crippen LogP contribution in [0.4, 0.5) is 5.69 Å². The summed E-state index contributed by atoms with van der Waals surface area (Å²) in [5.74, 6) is 0.819. The zero-order valence-electron chi connectivity index (χ0n) is 12.1. The number of benzene rings is 1. The van der Waals surface area contributed by atoms with E-state index in [4.69, 9.17) is 10.00 Å². The van der Waals surface area contributed by atoms with Crippen molar-refractivity contribution in [1.82, 2.24) is 4.98 Å². The maximum absolute atomic E-state index is 8.49. The number of nitriles is 1. The lowest BCUT2D eigenvalue weighted by atomic mass is 10.1. The van der Waals surface area contributed by atoms with E-state index < -0.39 is 0 Å². The number of aromatic nitrogens is 1. The van der Waals surface area contributed by atoms with Gasteiger partial charge in [0.2, 0.25) is 0 Å². The molecule has 1 atom stereocenters.